The second-order valence-corrected chi connectivity index (χ2v) is 8.51. The van der Waals surface area contributed by atoms with Crippen LogP contribution in [0.1, 0.15) is 62.1 Å². The summed E-state index contributed by atoms with van der Waals surface area (Å²) >= 11 is 0. The highest BCUT2D eigenvalue weighted by Crippen LogP contribution is 2.32. The van der Waals surface area contributed by atoms with Gasteiger partial charge in [-0.1, -0.05) is 31.4 Å². The fourth-order valence-corrected chi connectivity index (χ4v) is 4.98. The summed E-state index contributed by atoms with van der Waals surface area (Å²) in [4.78, 5) is 17.3. The maximum absolute atomic E-state index is 12.4. The maximum Gasteiger partial charge on any atom is 0.315 e. The van der Waals surface area contributed by atoms with Gasteiger partial charge in [0.15, 0.2) is 0 Å². The number of carbonyl (C=O) groups excluding carboxylic acids is 1. The Morgan fingerprint density at radius 1 is 1.11 bits per heavy atom. The van der Waals surface area contributed by atoms with Crippen molar-refractivity contribution >= 4 is 11.7 Å². The van der Waals surface area contributed by atoms with Crippen LogP contribution in [-0.4, -0.2) is 50.2 Å². The van der Waals surface area contributed by atoms with Gasteiger partial charge in [0.25, 0.3) is 0 Å². The van der Waals surface area contributed by atoms with Crippen molar-refractivity contribution in [2.75, 3.05) is 38.1 Å². The van der Waals surface area contributed by atoms with Crippen LogP contribution in [0.5, 0.6) is 0 Å². The van der Waals surface area contributed by atoms with Crippen LogP contribution >= 0.6 is 0 Å². The Hall–Kier alpha value is -1.75. The summed E-state index contributed by atoms with van der Waals surface area (Å²) in [6.07, 6.45) is 9.70. The zero-order valence-corrected chi connectivity index (χ0v) is 16.7. The number of benzene rings is 1. The molecule has 1 saturated heterocycles. The molecule has 1 aromatic carbocycles. The normalized spacial score (nSPS) is 21.9. The number of hydrogen-bond donors (Lipinski definition) is 2. The van der Waals surface area contributed by atoms with E-state index in [9.17, 15) is 4.79 Å². The molecule has 2 amide bonds. The lowest BCUT2D eigenvalue weighted by Gasteiger charge is -2.29. The van der Waals surface area contributed by atoms with Crippen molar-refractivity contribution in [2.24, 2.45) is 0 Å². The molecule has 2 N–H and O–H groups in total. The lowest BCUT2D eigenvalue weighted by molar-refractivity contribution is 0.215. The second-order valence-electron chi connectivity index (χ2n) is 8.51. The quantitative estimate of drug-likeness (QED) is 0.835. The number of nitrogens with one attached hydrogen (secondary N) is 2. The molecule has 4 rings (SSSR count). The molecule has 2 aliphatic heterocycles. The number of carbonyl (C=O) groups is 1. The van der Waals surface area contributed by atoms with Gasteiger partial charge in [-0.2, -0.15) is 0 Å². The van der Waals surface area contributed by atoms with Crippen LogP contribution in [0.15, 0.2) is 18.2 Å². The van der Waals surface area contributed by atoms with Crippen molar-refractivity contribution in [3.8, 4) is 0 Å². The highest BCUT2D eigenvalue weighted by molar-refractivity contribution is 5.74. The Bertz CT molecular complexity index is 650. The molecule has 27 heavy (non-hydrogen) atoms. The van der Waals surface area contributed by atoms with Crippen LogP contribution in [0.3, 0.4) is 0 Å². The van der Waals surface area contributed by atoms with E-state index in [4.69, 9.17) is 0 Å². The Morgan fingerprint density at radius 2 is 1.89 bits per heavy atom. The third-order valence-corrected chi connectivity index (χ3v) is 6.59. The number of rotatable bonds is 5. The fourth-order valence-electron chi connectivity index (χ4n) is 4.98. The molecule has 0 aromatic heterocycles. The molecule has 5 nitrogen and oxygen atoms in total. The average molecular weight is 371 g/mol. The van der Waals surface area contributed by atoms with Crippen LogP contribution in [-0.2, 0) is 6.42 Å². The third kappa shape index (κ3) is 4.40. The molecule has 1 aliphatic carbocycles. The van der Waals surface area contributed by atoms with Gasteiger partial charge in [0.1, 0.15) is 0 Å². The van der Waals surface area contributed by atoms with E-state index in [0.29, 0.717) is 12.6 Å². The van der Waals surface area contributed by atoms with Crippen molar-refractivity contribution in [3.05, 3.63) is 29.3 Å². The number of nitrogens with zero attached hydrogens (tertiary/aromatic N) is 2. The zero-order valence-electron chi connectivity index (χ0n) is 16.7. The molecule has 1 saturated carbocycles. The van der Waals surface area contributed by atoms with Crippen molar-refractivity contribution in [2.45, 2.75) is 63.5 Å². The summed E-state index contributed by atoms with van der Waals surface area (Å²) in [7, 11) is 2.17. The van der Waals surface area contributed by atoms with E-state index < -0.39 is 0 Å². The lowest BCUT2D eigenvalue weighted by Crippen LogP contribution is -2.45. The van der Waals surface area contributed by atoms with Gasteiger partial charge in [0.05, 0.1) is 6.04 Å². The average Bonchev–Trinajstić information content (AvgIpc) is 3.33. The number of likely N-dealkylation sites (tertiary alicyclic amines) is 1. The number of hydrogen-bond acceptors (Lipinski definition) is 3. The standard InChI is InChI=1S/C22H34N4O/c1-25-14-11-18-15-17(9-10-20(18)25)21(26-12-5-6-13-26)16-23-22(27)24-19-7-3-2-4-8-19/h9-10,15,19,21H,2-8,11-14,16H2,1H3,(H2,23,24,27). The van der Waals surface area contributed by atoms with Gasteiger partial charge in [-0.25, -0.2) is 4.79 Å². The van der Waals surface area contributed by atoms with E-state index in [1.807, 2.05) is 0 Å². The predicted octanol–water partition coefficient (Wildman–Crippen LogP) is 3.45. The Balaban J connectivity index is 1.41. The molecule has 1 atom stereocenters. The lowest BCUT2D eigenvalue weighted by atomic mass is 9.96. The first-order valence-electron chi connectivity index (χ1n) is 10.8. The fraction of sp³-hybridized carbons (Fsp3) is 0.682. The van der Waals surface area contributed by atoms with E-state index in [1.54, 1.807) is 0 Å². The number of anilines is 1. The molecule has 1 unspecified atom stereocenters. The van der Waals surface area contributed by atoms with Gasteiger partial charge < -0.3 is 15.5 Å². The number of fused-ring (bicyclic) bond motifs is 1. The van der Waals surface area contributed by atoms with Gasteiger partial charge in [-0.15, -0.1) is 0 Å². The summed E-state index contributed by atoms with van der Waals surface area (Å²) < 4.78 is 0. The van der Waals surface area contributed by atoms with Crippen molar-refractivity contribution in [3.63, 3.8) is 0 Å². The molecule has 2 heterocycles. The number of likely N-dealkylation sites (N-methyl/N-ethyl adjacent to an activating group) is 1. The van der Waals surface area contributed by atoms with E-state index in [0.717, 1.165) is 38.9 Å². The van der Waals surface area contributed by atoms with E-state index in [1.165, 1.54) is 48.9 Å². The van der Waals surface area contributed by atoms with Crippen molar-refractivity contribution in [1.29, 1.82) is 0 Å². The monoisotopic (exact) mass is 370 g/mol. The first-order chi connectivity index (χ1) is 13.2. The molecule has 2 fully saturated rings. The molecule has 0 bridgehead atoms. The minimum Gasteiger partial charge on any atom is -0.374 e. The largest absolute Gasteiger partial charge is 0.374 e. The zero-order chi connectivity index (χ0) is 18.6. The molecule has 3 aliphatic rings. The predicted molar refractivity (Wildman–Crippen MR) is 110 cm³/mol. The van der Waals surface area contributed by atoms with Gasteiger partial charge in [0, 0.05) is 31.9 Å². The van der Waals surface area contributed by atoms with Crippen molar-refractivity contribution in [1.82, 2.24) is 15.5 Å². The summed E-state index contributed by atoms with van der Waals surface area (Å²) in [5.74, 6) is 0. The number of urea groups is 1. The van der Waals surface area contributed by atoms with Gasteiger partial charge in [-0.3, -0.25) is 4.90 Å². The summed E-state index contributed by atoms with van der Waals surface area (Å²) in [6, 6.07) is 7.56. The Kier molecular flexibility index (Phi) is 5.86. The molecule has 0 spiro atoms. The summed E-state index contributed by atoms with van der Waals surface area (Å²) in [6.45, 7) is 4.06. The van der Waals surface area contributed by atoms with Crippen molar-refractivity contribution < 1.29 is 4.79 Å². The number of amides is 2. The third-order valence-electron chi connectivity index (χ3n) is 6.59. The molecule has 0 radical (unpaired) electrons. The molecular weight excluding hydrogens is 336 g/mol. The first-order valence-corrected chi connectivity index (χ1v) is 10.8. The maximum atomic E-state index is 12.4. The van der Waals surface area contributed by atoms with Crippen LogP contribution in [0.4, 0.5) is 10.5 Å². The summed E-state index contributed by atoms with van der Waals surface area (Å²) in [5.41, 5.74) is 4.16. The van der Waals surface area contributed by atoms with Crippen LogP contribution in [0, 0.1) is 0 Å². The molecule has 5 heteroatoms. The summed E-state index contributed by atoms with van der Waals surface area (Å²) in [5, 5.41) is 6.37. The van der Waals surface area contributed by atoms with Crippen LogP contribution in [0.2, 0.25) is 0 Å². The van der Waals surface area contributed by atoms with Gasteiger partial charge in [-0.05, 0) is 62.4 Å². The second kappa shape index (κ2) is 8.51. The van der Waals surface area contributed by atoms with E-state index in [-0.39, 0.29) is 12.1 Å². The smallest absolute Gasteiger partial charge is 0.315 e. The highest BCUT2D eigenvalue weighted by Gasteiger charge is 2.26. The minimum absolute atomic E-state index is 0.00647. The van der Waals surface area contributed by atoms with E-state index >= 15 is 0 Å². The highest BCUT2D eigenvalue weighted by atomic mass is 16.2. The molecular formula is C22H34N4O. The molecule has 1 aromatic rings. The Labute approximate surface area is 163 Å². The van der Waals surface area contributed by atoms with Crippen LogP contribution in [0.25, 0.3) is 0 Å². The van der Waals surface area contributed by atoms with E-state index in [2.05, 4.69) is 45.7 Å². The van der Waals surface area contributed by atoms with Crippen LogP contribution < -0.4 is 15.5 Å². The van der Waals surface area contributed by atoms with Gasteiger partial charge >= 0.3 is 6.03 Å². The SMILES string of the molecule is CN1CCc2cc(C(CNC(=O)NC3CCCCC3)N3CCCC3)ccc21. The first kappa shape index (κ1) is 18.6. The topological polar surface area (TPSA) is 47.6 Å². The molecule has 148 valence electrons. The van der Waals surface area contributed by atoms with Gasteiger partial charge in [0.2, 0.25) is 0 Å². The minimum atomic E-state index is 0.00647. The Morgan fingerprint density at radius 3 is 2.67 bits per heavy atom.